The molecule has 0 nitrogen and oxygen atoms in total. The van der Waals surface area contributed by atoms with Gasteiger partial charge in [0.1, 0.15) is 0 Å². The lowest BCUT2D eigenvalue weighted by Gasteiger charge is -2.15. The Morgan fingerprint density at radius 3 is 2.00 bits per heavy atom. The van der Waals surface area contributed by atoms with Crippen molar-refractivity contribution in [1.29, 1.82) is 0 Å². The summed E-state index contributed by atoms with van der Waals surface area (Å²) in [6.07, 6.45) is 31.3. The Labute approximate surface area is 245 Å². The van der Waals surface area contributed by atoms with Crippen LogP contribution in [0.15, 0.2) is 146 Å². The van der Waals surface area contributed by atoms with Gasteiger partial charge in [0.25, 0.3) is 0 Å². The van der Waals surface area contributed by atoms with E-state index in [0.717, 1.165) is 17.6 Å². The highest BCUT2D eigenvalue weighted by Crippen LogP contribution is 2.31. The van der Waals surface area contributed by atoms with E-state index < -0.39 is 0 Å². The third-order valence-electron chi connectivity index (χ3n) is 7.27. The largest absolute Gasteiger partial charge is 0.0871 e. The molecule has 0 saturated carbocycles. The van der Waals surface area contributed by atoms with E-state index in [2.05, 4.69) is 184 Å². The molecule has 3 aromatic carbocycles. The molecule has 200 valence electrons. The molecular weight excluding hydrogens is 492 g/mol. The van der Waals surface area contributed by atoms with Gasteiger partial charge in [-0.1, -0.05) is 165 Å². The van der Waals surface area contributed by atoms with Gasteiger partial charge in [0, 0.05) is 0 Å². The monoisotopic (exact) mass is 528 g/mol. The summed E-state index contributed by atoms with van der Waals surface area (Å²) >= 11 is 0. The highest BCUT2D eigenvalue weighted by atomic mass is 14.1. The molecule has 41 heavy (non-hydrogen) atoms. The lowest BCUT2D eigenvalue weighted by Crippen LogP contribution is -1.95. The number of allylic oxidation sites excluding steroid dienone is 11. The fraction of sp³-hybridized carbons (Fsp3) is 0.0732. The Hall–Kier alpha value is -4.94. The van der Waals surface area contributed by atoms with Crippen LogP contribution in [0.25, 0.3) is 35.5 Å². The quantitative estimate of drug-likeness (QED) is 0.316. The molecule has 0 fully saturated rings. The summed E-state index contributed by atoms with van der Waals surface area (Å²) in [5.41, 5.74) is 12.1. The predicted octanol–water partition coefficient (Wildman–Crippen LogP) is 11.1. The summed E-state index contributed by atoms with van der Waals surface area (Å²) in [6, 6.07) is 30.5. The van der Waals surface area contributed by atoms with Gasteiger partial charge in [0.05, 0.1) is 0 Å². The van der Waals surface area contributed by atoms with Crippen molar-refractivity contribution in [3.63, 3.8) is 0 Å². The molecule has 0 amide bonds. The third-order valence-corrected chi connectivity index (χ3v) is 7.27. The summed E-state index contributed by atoms with van der Waals surface area (Å²) in [6.45, 7) is 4.30. The van der Waals surface area contributed by atoms with Crippen molar-refractivity contribution in [2.24, 2.45) is 0 Å². The number of fused-ring (bicyclic) bond motifs is 4. The summed E-state index contributed by atoms with van der Waals surface area (Å²) < 4.78 is 0. The van der Waals surface area contributed by atoms with Crippen LogP contribution in [0.4, 0.5) is 0 Å². The van der Waals surface area contributed by atoms with Crippen molar-refractivity contribution >= 4 is 35.5 Å². The van der Waals surface area contributed by atoms with E-state index in [4.69, 9.17) is 0 Å². The van der Waals surface area contributed by atoms with Gasteiger partial charge in [-0.3, -0.25) is 0 Å². The Kier molecular flexibility index (Phi) is 9.38. The van der Waals surface area contributed by atoms with E-state index in [9.17, 15) is 0 Å². The van der Waals surface area contributed by atoms with Crippen molar-refractivity contribution in [3.05, 3.63) is 190 Å². The van der Waals surface area contributed by atoms with Crippen molar-refractivity contribution in [2.75, 3.05) is 0 Å². The number of aryl methyl sites for hydroxylation is 1. The first kappa shape index (κ1) is 27.6. The van der Waals surface area contributed by atoms with Gasteiger partial charge in [-0.25, -0.2) is 0 Å². The van der Waals surface area contributed by atoms with Gasteiger partial charge in [-0.2, -0.15) is 0 Å². The molecule has 0 radical (unpaired) electrons. The topological polar surface area (TPSA) is 0 Å². The maximum Gasteiger partial charge on any atom is -0.0105 e. The first-order valence-corrected chi connectivity index (χ1v) is 14.4. The van der Waals surface area contributed by atoms with Gasteiger partial charge in [0.15, 0.2) is 0 Å². The predicted molar refractivity (Wildman–Crippen MR) is 181 cm³/mol. The molecular formula is C41H36. The van der Waals surface area contributed by atoms with Gasteiger partial charge in [-0.05, 0) is 81.1 Å². The zero-order valence-corrected chi connectivity index (χ0v) is 23.9. The highest BCUT2D eigenvalue weighted by molar-refractivity contribution is 5.88. The fourth-order valence-electron chi connectivity index (χ4n) is 5.16. The molecule has 2 aliphatic rings. The van der Waals surface area contributed by atoms with Crippen LogP contribution in [0.5, 0.6) is 0 Å². The van der Waals surface area contributed by atoms with E-state index in [0.29, 0.717) is 0 Å². The SMILES string of the molecule is C/C=C\c1cc(/C2=C/C=C\c3ccccccc2cc3C2=C/C=C\C=C/c3ccccc3/C=C\C=C\2)ccc1CC. The molecule has 5 rings (SSSR count). The van der Waals surface area contributed by atoms with Crippen molar-refractivity contribution in [1.82, 2.24) is 0 Å². The number of hydrogen-bond donors (Lipinski definition) is 0. The molecule has 0 heteroatoms. The van der Waals surface area contributed by atoms with Gasteiger partial charge in [0.2, 0.25) is 0 Å². The molecule has 0 aromatic heterocycles. The van der Waals surface area contributed by atoms with Crippen molar-refractivity contribution in [2.45, 2.75) is 20.3 Å². The Morgan fingerprint density at radius 1 is 0.561 bits per heavy atom. The van der Waals surface area contributed by atoms with Gasteiger partial charge in [-0.15, -0.1) is 0 Å². The minimum atomic E-state index is 1.01. The lowest BCUT2D eigenvalue weighted by atomic mass is 9.90. The highest BCUT2D eigenvalue weighted by Gasteiger charge is 2.11. The fourth-order valence-corrected chi connectivity index (χ4v) is 5.16. The lowest BCUT2D eigenvalue weighted by molar-refractivity contribution is 1.13. The first-order chi connectivity index (χ1) is 20.3. The van der Waals surface area contributed by atoms with Gasteiger partial charge < -0.3 is 0 Å². The standard InChI is InChI=1S/C41H36/c1-3-17-37-30-39(29-28-32(37)4-2)40-27-16-26-36-22-8-5-6-9-25-38(40)31-41(36)35-23-11-7-10-18-33-19-12-13-20-34(33)21-14-15-24-35/h3,5-31H,4H2,1-2H3/b6-5?,8-5?,9-6?,10-7?,11-7-,15-14?,17-3-,18-10-,21-14-,22-8?,23-11?,24-15+,25-9?,26-16-,27-16?,33-18?,34-21?,35-23+,35-24?,36-22?,36-26?,38-25?,38-31?,40-27+,40-38?,41-31?,41-36?. The molecule has 2 aliphatic carbocycles. The molecule has 0 unspecified atom stereocenters. The minimum absolute atomic E-state index is 1.01. The van der Waals surface area contributed by atoms with Crippen LogP contribution in [0.1, 0.15) is 58.4 Å². The summed E-state index contributed by atoms with van der Waals surface area (Å²) in [5.74, 6) is 0. The van der Waals surface area contributed by atoms with Crippen molar-refractivity contribution < 1.29 is 0 Å². The molecule has 0 aliphatic heterocycles. The maximum atomic E-state index is 2.33. The van der Waals surface area contributed by atoms with Crippen molar-refractivity contribution in [3.8, 4) is 0 Å². The zero-order chi connectivity index (χ0) is 28.3. The van der Waals surface area contributed by atoms with E-state index in [1.165, 1.54) is 44.5 Å². The normalized spacial score (nSPS) is 20.3. The zero-order valence-electron chi connectivity index (χ0n) is 23.9. The smallest absolute Gasteiger partial charge is 0.0105 e. The minimum Gasteiger partial charge on any atom is -0.0871 e. The summed E-state index contributed by atoms with van der Waals surface area (Å²) in [7, 11) is 0. The molecule has 0 N–H and O–H groups in total. The molecule has 2 bridgehead atoms. The van der Waals surface area contributed by atoms with Gasteiger partial charge >= 0.3 is 0 Å². The second-order valence-electron chi connectivity index (χ2n) is 9.99. The number of benzene rings is 2. The second-order valence-corrected chi connectivity index (χ2v) is 9.99. The summed E-state index contributed by atoms with van der Waals surface area (Å²) in [5, 5.41) is 0. The van der Waals surface area contributed by atoms with E-state index >= 15 is 0 Å². The third kappa shape index (κ3) is 6.99. The first-order valence-electron chi connectivity index (χ1n) is 14.4. The second kappa shape index (κ2) is 13.9. The number of rotatable bonds is 4. The van der Waals surface area contributed by atoms with Crippen LogP contribution in [0.3, 0.4) is 0 Å². The van der Waals surface area contributed by atoms with E-state index in [-0.39, 0.29) is 0 Å². The van der Waals surface area contributed by atoms with Crippen LogP contribution in [-0.4, -0.2) is 0 Å². The molecule has 0 atom stereocenters. The van der Waals surface area contributed by atoms with Crippen LogP contribution in [0.2, 0.25) is 0 Å². The van der Waals surface area contributed by atoms with Crippen LogP contribution in [0, 0.1) is 0 Å². The Bertz CT molecular complexity index is 1710. The molecule has 0 saturated heterocycles. The maximum absolute atomic E-state index is 2.33. The average Bonchev–Trinajstić information content (AvgIpc) is 2.97. The molecule has 3 aromatic rings. The summed E-state index contributed by atoms with van der Waals surface area (Å²) in [4.78, 5) is 0. The van der Waals surface area contributed by atoms with Crippen LogP contribution >= 0.6 is 0 Å². The average molecular weight is 529 g/mol. The number of hydrogen-bond acceptors (Lipinski definition) is 0. The van der Waals surface area contributed by atoms with Crippen LogP contribution < -0.4 is 0 Å². The van der Waals surface area contributed by atoms with E-state index in [1.54, 1.807) is 0 Å². The molecule has 0 heterocycles. The van der Waals surface area contributed by atoms with Crippen LogP contribution in [-0.2, 0) is 6.42 Å². The Balaban J connectivity index is 1.67. The van der Waals surface area contributed by atoms with E-state index in [1.807, 2.05) is 0 Å². The Morgan fingerprint density at radius 2 is 1.22 bits per heavy atom. The molecule has 0 spiro atoms.